The number of hydrogen-bond acceptors (Lipinski definition) is 5. The lowest BCUT2D eigenvalue weighted by molar-refractivity contribution is 0.0897. The highest BCUT2D eigenvalue weighted by molar-refractivity contribution is 5.35. The number of nitrogens with one attached hydrogen (secondary N) is 1. The lowest BCUT2D eigenvalue weighted by Crippen LogP contribution is -2.12. The second-order valence-electron chi connectivity index (χ2n) is 5.03. The number of ether oxygens (including phenoxy) is 2. The number of nitrogens with zero attached hydrogens (tertiary/aromatic N) is 2. The van der Waals surface area contributed by atoms with Crippen LogP contribution in [0.25, 0.3) is 0 Å². The molecule has 2 heterocycles. The molecule has 19 heavy (non-hydrogen) atoms. The van der Waals surface area contributed by atoms with E-state index < -0.39 is 0 Å². The van der Waals surface area contributed by atoms with Crippen LogP contribution in [0, 0.1) is 19.8 Å². The quantitative estimate of drug-likeness (QED) is 0.764. The summed E-state index contributed by atoms with van der Waals surface area (Å²) >= 11 is 0. The van der Waals surface area contributed by atoms with Gasteiger partial charge in [-0.2, -0.15) is 0 Å². The van der Waals surface area contributed by atoms with Gasteiger partial charge >= 0.3 is 0 Å². The first kappa shape index (κ1) is 14.2. The zero-order chi connectivity index (χ0) is 13.5. The van der Waals surface area contributed by atoms with Crippen molar-refractivity contribution in [3.8, 4) is 0 Å². The molecule has 1 aliphatic rings. The van der Waals surface area contributed by atoms with Crippen LogP contribution >= 0.6 is 0 Å². The van der Waals surface area contributed by atoms with Gasteiger partial charge in [-0.15, -0.1) is 0 Å². The molecule has 0 bridgehead atoms. The molecule has 0 spiro atoms. The van der Waals surface area contributed by atoms with Gasteiger partial charge < -0.3 is 14.8 Å². The topological polar surface area (TPSA) is 56.3 Å². The minimum absolute atomic E-state index is 0.597. The molecule has 1 unspecified atom stereocenters. The average molecular weight is 265 g/mol. The summed E-state index contributed by atoms with van der Waals surface area (Å²) in [4.78, 5) is 8.58. The van der Waals surface area contributed by atoms with Gasteiger partial charge in [-0.25, -0.2) is 9.97 Å². The maximum Gasteiger partial charge on any atom is 0.129 e. The molecule has 1 aromatic heterocycles. The standard InChI is InChI=1S/C14H23N3O2/c1-11-8-14(17-12(2)16-11)15-5-3-6-18-9-13-4-7-19-10-13/h8,13H,3-7,9-10H2,1-2H3,(H,15,16,17). The van der Waals surface area contributed by atoms with E-state index in [2.05, 4.69) is 15.3 Å². The van der Waals surface area contributed by atoms with Gasteiger partial charge in [0.15, 0.2) is 0 Å². The molecule has 0 amide bonds. The van der Waals surface area contributed by atoms with Crippen LogP contribution < -0.4 is 5.32 Å². The van der Waals surface area contributed by atoms with Crippen molar-refractivity contribution >= 4 is 5.82 Å². The highest BCUT2D eigenvalue weighted by Crippen LogP contribution is 2.12. The average Bonchev–Trinajstić information content (AvgIpc) is 2.85. The highest BCUT2D eigenvalue weighted by Gasteiger charge is 2.15. The lowest BCUT2D eigenvalue weighted by Gasteiger charge is -2.10. The van der Waals surface area contributed by atoms with Crippen molar-refractivity contribution in [2.75, 3.05) is 38.3 Å². The Morgan fingerprint density at radius 1 is 1.42 bits per heavy atom. The molecule has 0 saturated carbocycles. The Morgan fingerprint density at radius 2 is 2.32 bits per heavy atom. The third-order valence-electron chi connectivity index (χ3n) is 3.12. The Hall–Kier alpha value is -1.20. The Bertz CT molecular complexity index is 372. The van der Waals surface area contributed by atoms with Crippen LogP contribution in [0.5, 0.6) is 0 Å². The zero-order valence-corrected chi connectivity index (χ0v) is 11.8. The Labute approximate surface area is 114 Å². The van der Waals surface area contributed by atoms with E-state index in [4.69, 9.17) is 9.47 Å². The van der Waals surface area contributed by atoms with Gasteiger partial charge in [-0.1, -0.05) is 0 Å². The molecule has 106 valence electrons. The number of anilines is 1. The van der Waals surface area contributed by atoms with Crippen molar-refractivity contribution in [3.05, 3.63) is 17.6 Å². The summed E-state index contributed by atoms with van der Waals surface area (Å²) in [5.74, 6) is 2.30. The molecule has 1 aromatic rings. The van der Waals surface area contributed by atoms with Gasteiger partial charge in [-0.3, -0.25) is 0 Å². The molecular formula is C14H23N3O2. The Morgan fingerprint density at radius 3 is 3.05 bits per heavy atom. The Balaban J connectivity index is 1.56. The van der Waals surface area contributed by atoms with Crippen molar-refractivity contribution in [1.29, 1.82) is 0 Å². The first-order valence-electron chi connectivity index (χ1n) is 6.95. The molecule has 1 atom stereocenters. The van der Waals surface area contributed by atoms with Crippen LogP contribution in [0.3, 0.4) is 0 Å². The van der Waals surface area contributed by atoms with Crippen LogP contribution in [0.4, 0.5) is 5.82 Å². The van der Waals surface area contributed by atoms with Gasteiger partial charge in [0.1, 0.15) is 11.6 Å². The van der Waals surface area contributed by atoms with Crippen LogP contribution in [-0.2, 0) is 9.47 Å². The zero-order valence-electron chi connectivity index (χ0n) is 11.8. The van der Waals surface area contributed by atoms with Crippen molar-refractivity contribution in [1.82, 2.24) is 9.97 Å². The molecule has 5 nitrogen and oxygen atoms in total. The largest absolute Gasteiger partial charge is 0.381 e. The number of hydrogen-bond donors (Lipinski definition) is 1. The third-order valence-corrected chi connectivity index (χ3v) is 3.12. The molecule has 5 heteroatoms. The van der Waals surface area contributed by atoms with E-state index in [-0.39, 0.29) is 0 Å². The second kappa shape index (κ2) is 7.40. The van der Waals surface area contributed by atoms with Crippen LogP contribution in [0.15, 0.2) is 6.07 Å². The predicted octanol–water partition coefficient (Wildman–Crippen LogP) is 1.95. The van der Waals surface area contributed by atoms with Gasteiger partial charge in [0, 0.05) is 37.4 Å². The van der Waals surface area contributed by atoms with Crippen LogP contribution in [0.2, 0.25) is 0 Å². The molecule has 1 aliphatic heterocycles. The smallest absolute Gasteiger partial charge is 0.129 e. The van der Waals surface area contributed by atoms with Crippen molar-refractivity contribution < 1.29 is 9.47 Å². The summed E-state index contributed by atoms with van der Waals surface area (Å²) in [6.45, 7) is 8.12. The molecule has 0 radical (unpaired) electrons. The minimum atomic E-state index is 0.597. The van der Waals surface area contributed by atoms with Gasteiger partial charge in [0.25, 0.3) is 0 Å². The lowest BCUT2D eigenvalue weighted by atomic mass is 10.1. The van der Waals surface area contributed by atoms with Gasteiger partial charge in [0.05, 0.1) is 13.2 Å². The summed E-state index contributed by atoms with van der Waals surface area (Å²) in [6, 6.07) is 1.96. The molecule has 1 saturated heterocycles. The summed E-state index contributed by atoms with van der Waals surface area (Å²) < 4.78 is 11.0. The number of aryl methyl sites for hydroxylation is 2. The third kappa shape index (κ3) is 5.12. The van der Waals surface area contributed by atoms with Crippen LogP contribution in [0.1, 0.15) is 24.4 Å². The first-order valence-corrected chi connectivity index (χ1v) is 6.95. The molecule has 1 fully saturated rings. The molecule has 0 aromatic carbocycles. The van der Waals surface area contributed by atoms with Crippen molar-refractivity contribution in [2.45, 2.75) is 26.7 Å². The van der Waals surface area contributed by atoms with Crippen molar-refractivity contribution in [2.24, 2.45) is 5.92 Å². The summed E-state index contributed by atoms with van der Waals surface area (Å²) in [7, 11) is 0. The van der Waals surface area contributed by atoms with Crippen LogP contribution in [-0.4, -0.2) is 42.9 Å². The molecular weight excluding hydrogens is 242 g/mol. The fourth-order valence-corrected chi connectivity index (χ4v) is 2.16. The van der Waals surface area contributed by atoms with Gasteiger partial charge in [-0.05, 0) is 26.7 Å². The fourth-order valence-electron chi connectivity index (χ4n) is 2.16. The monoisotopic (exact) mass is 265 g/mol. The first-order chi connectivity index (χ1) is 9.24. The number of rotatable bonds is 7. The van der Waals surface area contributed by atoms with E-state index in [0.29, 0.717) is 5.92 Å². The SMILES string of the molecule is Cc1cc(NCCCOCC2CCOC2)nc(C)n1. The summed E-state index contributed by atoms with van der Waals surface area (Å²) in [5, 5.41) is 3.30. The normalized spacial score (nSPS) is 18.7. The van der Waals surface area contributed by atoms with E-state index >= 15 is 0 Å². The fraction of sp³-hybridized carbons (Fsp3) is 0.714. The highest BCUT2D eigenvalue weighted by atomic mass is 16.5. The summed E-state index contributed by atoms with van der Waals surface area (Å²) in [5.41, 5.74) is 0.993. The molecule has 0 aliphatic carbocycles. The second-order valence-corrected chi connectivity index (χ2v) is 5.03. The number of aromatic nitrogens is 2. The maximum atomic E-state index is 5.65. The van der Waals surface area contributed by atoms with E-state index in [9.17, 15) is 0 Å². The molecule has 1 N–H and O–H groups in total. The predicted molar refractivity (Wildman–Crippen MR) is 74.4 cm³/mol. The summed E-state index contributed by atoms with van der Waals surface area (Å²) in [6.07, 6.45) is 2.12. The van der Waals surface area contributed by atoms with E-state index in [1.165, 1.54) is 0 Å². The molecule has 2 rings (SSSR count). The van der Waals surface area contributed by atoms with E-state index in [0.717, 1.165) is 63.2 Å². The minimum Gasteiger partial charge on any atom is -0.381 e. The van der Waals surface area contributed by atoms with Crippen molar-refractivity contribution in [3.63, 3.8) is 0 Å². The maximum absolute atomic E-state index is 5.65. The van der Waals surface area contributed by atoms with E-state index in [1.54, 1.807) is 0 Å². The Kier molecular flexibility index (Phi) is 5.54. The van der Waals surface area contributed by atoms with Gasteiger partial charge in [0.2, 0.25) is 0 Å². The van der Waals surface area contributed by atoms with E-state index in [1.807, 2.05) is 19.9 Å².